The van der Waals surface area contributed by atoms with Gasteiger partial charge in [0.2, 0.25) is 0 Å². The summed E-state index contributed by atoms with van der Waals surface area (Å²) in [5.41, 5.74) is 0. The van der Waals surface area contributed by atoms with Gasteiger partial charge in [-0.2, -0.15) is 0 Å². The van der Waals surface area contributed by atoms with Crippen molar-refractivity contribution in [1.29, 1.82) is 0 Å². The molecule has 0 atom stereocenters. The van der Waals surface area contributed by atoms with E-state index < -0.39 is 0 Å². The van der Waals surface area contributed by atoms with E-state index in [0.29, 0.717) is 9.49 Å². The van der Waals surface area contributed by atoms with E-state index in [9.17, 15) is 0 Å². The molecule has 152 valence electrons. The number of hydrogen-bond donors (Lipinski definition) is 0. The van der Waals surface area contributed by atoms with Crippen LogP contribution in [0, 0.1) is 0 Å². The Kier molecular flexibility index (Phi) is 15.6. The summed E-state index contributed by atoms with van der Waals surface area (Å²) in [5.74, 6) is 0. The molecular weight excluding hydrogens is 320 g/mol. The van der Waals surface area contributed by atoms with Crippen molar-refractivity contribution < 1.29 is 0 Å². The fraction of sp³-hybridized carbons (Fsp3) is 1.00. The van der Waals surface area contributed by atoms with E-state index in [-0.39, 0.29) is 0 Å². The lowest BCUT2D eigenvalue weighted by Gasteiger charge is -2.35. The highest BCUT2D eigenvalue weighted by atomic mass is 32.2. The third kappa shape index (κ3) is 17.5. The van der Waals surface area contributed by atoms with Gasteiger partial charge < -0.3 is 0 Å². The Labute approximate surface area is 165 Å². The number of hydrogen-bond acceptors (Lipinski definition) is 1. The van der Waals surface area contributed by atoms with Crippen LogP contribution in [0.1, 0.15) is 144 Å². The largest absolute Gasteiger partial charge is 0.149 e. The minimum absolute atomic E-state index is 0.439. The second kappa shape index (κ2) is 15.4. The second-order valence-electron chi connectivity index (χ2n) is 9.36. The van der Waals surface area contributed by atoms with Crippen LogP contribution in [0.4, 0.5) is 0 Å². The van der Waals surface area contributed by atoms with Gasteiger partial charge in [-0.3, -0.25) is 0 Å². The van der Waals surface area contributed by atoms with Gasteiger partial charge in [0.05, 0.1) is 0 Å². The van der Waals surface area contributed by atoms with Crippen molar-refractivity contribution in [3.63, 3.8) is 0 Å². The minimum Gasteiger partial charge on any atom is -0.149 e. The highest BCUT2D eigenvalue weighted by Gasteiger charge is 2.28. The van der Waals surface area contributed by atoms with Crippen molar-refractivity contribution in [2.45, 2.75) is 154 Å². The van der Waals surface area contributed by atoms with Crippen molar-refractivity contribution in [2.75, 3.05) is 0 Å². The molecule has 0 amide bonds. The van der Waals surface area contributed by atoms with Crippen LogP contribution in [-0.4, -0.2) is 9.49 Å². The van der Waals surface area contributed by atoms with Gasteiger partial charge in [0.15, 0.2) is 0 Å². The van der Waals surface area contributed by atoms with Crippen LogP contribution in [-0.2, 0) is 0 Å². The number of unbranched alkanes of at least 4 members (excludes halogenated alkanes) is 12. The summed E-state index contributed by atoms with van der Waals surface area (Å²) in [7, 11) is 0. The number of thioether (sulfide) groups is 1. The molecule has 0 saturated heterocycles. The molecule has 0 spiro atoms. The monoisotopic (exact) mass is 370 g/mol. The molecule has 0 aromatic heterocycles. The van der Waals surface area contributed by atoms with Gasteiger partial charge >= 0.3 is 0 Å². The van der Waals surface area contributed by atoms with Gasteiger partial charge in [0.25, 0.3) is 0 Å². The maximum atomic E-state index is 2.47. The molecule has 0 fully saturated rings. The molecule has 0 aromatic rings. The Morgan fingerprint density at radius 3 is 1.04 bits per heavy atom. The van der Waals surface area contributed by atoms with E-state index in [1.807, 2.05) is 0 Å². The zero-order valence-electron chi connectivity index (χ0n) is 18.7. The maximum absolute atomic E-state index is 2.47. The van der Waals surface area contributed by atoms with E-state index in [1.54, 1.807) is 0 Å². The molecule has 0 rings (SSSR count). The van der Waals surface area contributed by atoms with Crippen LogP contribution < -0.4 is 0 Å². The minimum atomic E-state index is 0.439. The lowest BCUT2D eigenvalue weighted by Crippen LogP contribution is -2.26. The number of rotatable bonds is 18. The molecule has 0 aliphatic carbocycles. The molecule has 0 saturated carbocycles. The highest BCUT2D eigenvalue weighted by Crippen LogP contribution is 2.42. The molecule has 0 N–H and O–H groups in total. The summed E-state index contributed by atoms with van der Waals surface area (Å²) < 4.78 is 0.877. The maximum Gasteiger partial charge on any atom is 0.0109 e. The van der Waals surface area contributed by atoms with Gasteiger partial charge in [0, 0.05) is 9.49 Å². The Bertz CT molecular complexity index is 252. The molecular formula is C24H50S. The molecule has 0 aromatic carbocycles. The van der Waals surface area contributed by atoms with Gasteiger partial charge in [-0.05, 0) is 12.8 Å². The molecule has 0 aliphatic rings. The molecule has 1 heteroatoms. The quantitative estimate of drug-likeness (QED) is 0.216. The molecule has 0 radical (unpaired) electrons. The van der Waals surface area contributed by atoms with Crippen molar-refractivity contribution in [3.05, 3.63) is 0 Å². The first-order valence-corrected chi connectivity index (χ1v) is 12.3. The molecule has 0 bridgehead atoms. The van der Waals surface area contributed by atoms with Crippen molar-refractivity contribution in [1.82, 2.24) is 0 Å². The van der Waals surface area contributed by atoms with Gasteiger partial charge in [0.1, 0.15) is 0 Å². The fourth-order valence-corrected chi connectivity index (χ4v) is 5.85. The lowest BCUT2D eigenvalue weighted by atomic mass is 10.0. The zero-order valence-corrected chi connectivity index (χ0v) is 19.5. The summed E-state index contributed by atoms with van der Waals surface area (Å²) in [6, 6.07) is 0. The van der Waals surface area contributed by atoms with Crippen molar-refractivity contribution in [2.24, 2.45) is 0 Å². The van der Waals surface area contributed by atoms with Gasteiger partial charge in [-0.15, -0.1) is 11.8 Å². The first-order valence-electron chi connectivity index (χ1n) is 11.5. The van der Waals surface area contributed by atoms with E-state index in [4.69, 9.17) is 0 Å². The van der Waals surface area contributed by atoms with Gasteiger partial charge in [-0.25, -0.2) is 0 Å². The lowest BCUT2D eigenvalue weighted by molar-refractivity contribution is 0.514. The van der Waals surface area contributed by atoms with Crippen molar-refractivity contribution in [3.8, 4) is 0 Å². The third-order valence-corrected chi connectivity index (χ3v) is 6.83. The second-order valence-corrected chi connectivity index (χ2v) is 11.8. The van der Waals surface area contributed by atoms with Crippen LogP contribution >= 0.6 is 11.8 Å². The van der Waals surface area contributed by atoms with Crippen LogP contribution in [0.5, 0.6) is 0 Å². The normalized spacial score (nSPS) is 12.7. The average molecular weight is 371 g/mol. The van der Waals surface area contributed by atoms with Crippen LogP contribution in [0.2, 0.25) is 0 Å². The summed E-state index contributed by atoms with van der Waals surface area (Å²) >= 11 is 2.25. The summed E-state index contributed by atoms with van der Waals surface area (Å²) in [5, 5.41) is 0. The Morgan fingerprint density at radius 1 is 0.440 bits per heavy atom. The average Bonchev–Trinajstić information content (AvgIpc) is 2.52. The van der Waals surface area contributed by atoms with Crippen LogP contribution in [0.25, 0.3) is 0 Å². The summed E-state index contributed by atoms with van der Waals surface area (Å²) in [4.78, 5) is 0. The molecule has 0 unspecified atom stereocenters. The van der Waals surface area contributed by atoms with Crippen LogP contribution in [0.15, 0.2) is 0 Å². The summed E-state index contributed by atoms with van der Waals surface area (Å²) in [6.07, 6.45) is 22.7. The Balaban J connectivity index is 3.77. The topological polar surface area (TPSA) is 0 Å². The van der Waals surface area contributed by atoms with Crippen LogP contribution in [0.3, 0.4) is 0 Å². The van der Waals surface area contributed by atoms with E-state index in [0.717, 1.165) is 0 Å². The SMILES string of the molecule is CCCCCCCCCC(C)(C)SC(C)(C)CCCCCCCCC. The van der Waals surface area contributed by atoms with E-state index in [1.165, 1.54) is 103 Å². The Morgan fingerprint density at radius 2 is 0.720 bits per heavy atom. The standard InChI is InChI=1S/C24H50S/c1-7-9-11-13-15-17-19-21-23(3,4)25-24(5,6)22-20-18-16-14-12-10-8-2/h7-22H2,1-6H3. The molecule has 0 heterocycles. The van der Waals surface area contributed by atoms with Crippen molar-refractivity contribution >= 4 is 11.8 Å². The summed E-state index contributed by atoms with van der Waals surface area (Å²) in [6.45, 7) is 14.5. The first kappa shape index (κ1) is 25.4. The van der Waals surface area contributed by atoms with Gasteiger partial charge in [-0.1, -0.05) is 131 Å². The van der Waals surface area contributed by atoms with E-state index in [2.05, 4.69) is 53.3 Å². The molecule has 0 aliphatic heterocycles. The molecule has 0 nitrogen and oxygen atoms in total. The smallest absolute Gasteiger partial charge is 0.0109 e. The predicted molar refractivity (Wildman–Crippen MR) is 121 cm³/mol. The predicted octanol–water partition coefficient (Wildman–Crippen LogP) is 9.56. The van der Waals surface area contributed by atoms with E-state index >= 15 is 0 Å². The fourth-order valence-electron chi connectivity index (χ4n) is 3.87. The molecule has 25 heavy (non-hydrogen) atoms. The third-order valence-electron chi connectivity index (χ3n) is 5.32. The zero-order chi connectivity index (χ0) is 19.0. The highest BCUT2D eigenvalue weighted by molar-refractivity contribution is 8.01. The first-order chi connectivity index (χ1) is 11.8. The Hall–Kier alpha value is 0.350.